The van der Waals surface area contributed by atoms with E-state index in [1.807, 2.05) is 37.3 Å². The molecule has 5 heteroatoms. The minimum atomic E-state index is -0.135. The number of nitrogens with zero attached hydrogens (tertiary/aromatic N) is 1. The van der Waals surface area contributed by atoms with Gasteiger partial charge < -0.3 is 15.4 Å². The van der Waals surface area contributed by atoms with E-state index in [0.717, 1.165) is 17.1 Å². The molecule has 0 spiro atoms. The summed E-state index contributed by atoms with van der Waals surface area (Å²) in [6, 6.07) is 11.3. The zero-order chi connectivity index (χ0) is 14.4. The third-order valence-corrected chi connectivity index (χ3v) is 2.52. The van der Waals surface area contributed by atoms with Crippen LogP contribution >= 0.6 is 0 Å². The van der Waals surface area contributed by atoms with Gasteiger partial charge in [0.1, 0.15) is 11.6 Å². The summed E-state index contributed by atoms with van der Waals surface area (Å²) in [4.78, 5) is 15.0. The lowest BCUT2D eigenvalue weighted by Gasteiger charge is -2.08. The molecule has 0 radical (unpaired) electrons. The maximum atomic E-state index is 10.9. The number of nitrogens with one attached hydrogen (secondary N) is 2. The van der Waals surface area contributed by atoms with Gasteiger partial charge in [0.05, 0.1) is 18.5 Å². The normalized spacial score (nSPS) is 9.90. The van der Waals surface area contributed by atoms with Crippen molar-refractivity contribution >= 4 is 23.1 Å². The van der Waals surface area contributed by atoms with E-state index >= 15 is 0 Å². The minimum absolute atomic E-state index is 0.135. The second-order valence-electron chi connectivity index (χ2n) is 4.20. The summed E-state index contributed by atoms with van der Waals surface area (Å²) in [6.45, 7) is 4.06. The zero-order valence-corrected chi connectivity index (χ0v) is 11.5. The number of benzene rings is 1. The molecule has 5 nitrogen and oxygen atoms in total. The van der Waals surface area contributed by atoms with E-state index in [0.29, 0.717) is 12.4 Å². The summed E-state index contributed by atoms with van der Waals surface area (Å²) in [6.07, 6.45) is 1.67. The Kier molecular flexibility index (Phi) is 4.55. The standard InChI is InChI=1S/C15H17N3O2/c1-3-20-14-7-4-12(5-8-14)18-13-6-9-15(16-10-13)17-11(2)19/h4-10,18H,3H2,1-2H3,(H,16,17,19). The molecule has 0 atom stereocenters. The van der Waals surface area contributed by atoms with Gasteiger partial charge in [-0.05, 0) is 43.3 Å². The molecule has 20 heavy (non-hydrogen) atoms. The van der Waals surface area contributed by atoms with E-state index in [1.54, 1.807) is 12.3 Å². The molecule has 0 aliphatic heterocycles. The van der Waals surface area contributed by atoms with Crippen LogP contribution in [0.5, 0.6) is 5.75 Å². The number of rotatable bonds is 5. The van der Waals surface area contributed by atoms with Crippen LogP contribution in [0.15, 0.2) is 42.6 Å². The SMILES string of the molecule is CCOc1ccc(Nc2ccc(NC(C)=O)nc2)cc1. The molecule has 0 aliphatic carbocycles. The number of aromatic nitrogens is 1. The fourth-order valence-electron chi connectivity index (χ4n) is 1.69. The monoisotopic (exact) mass is 271 g/mol. The van der Waals surface area contributed by atoms with Crippen LogP contribution in [0, 0.1) is 0 Å². The number of pyridine rings is 1. The van der Waals surface area contributed by atoms with Gasteiger partial charge in [-0.15, -0.1) is 0 Å². The molecule has 0 saturated carbocycles. The van der Waals surface area contributed by atoms with Gasteiger partial charge in [0.2, 0.25) is 5.91 Å². The number of amides is 1. The van der Waals surface area contributed by atoms with Crippen molar-refractivity contribution in [3.8, 4) is 5.75 Å². The van der Waals surface area contributed by atoms with Gasteiger partial charge >= 0.3 is 0 Å². The van der Waals surface area contributed by atoms with Gasteiger partial charge in [0, 0.05) is 12.6 Å². The van der Waals surface area contributed by atoms with Crippen LogP contribution in [0.4, 0.5) is 17.2 Å². The molecule has 0 unspecified atom stereocenters. The number of hydrogen-bond donors (Lipinski definition) is 2. The quantitative estimate of drug-likeness (QED) is 0.876. The van der Waals surface area contributed by atoms with Crippen LogP contribution in [0.2, 0.25) is 0 Å². The molecule has 0 aliphatic rings. The Bertz CT molecular complexity index is 565. The Morgan fingerprint density at radius 3 is 2.40 bits per heavy atom. The highest BCUT2D eigenvalue weighted by atomic mass is 16.5. The molecule has 1 amide bonds. The van der Waals surface area contributed by atoms with E-state index in [2.05, 4.69) is 15.6 Å². The van der Waals surface area contributed by atoms with E-state index in [9.17, 15) is 4.79 Å². The second-order valence-corrected chi connectivity index (χ2v) is 4.20. The van der Waals surface area contributed by atoms with Gasteiger partial charge in [0.25, 0.3) is 0 Å². The minimum Gasteiger partial charge on any atom is -0.494 e. The molecule has 1 aromatic heterocycles. The third-order valence-electron chi connectivity index (χ3n) is 2.52. The average molecular weight is 271 g/mol. The van der Waals surface area contributed by atoms with Crippen LogP contribution in [0.3, 0.4) is 0 Å². The molecule has 0 fully saturated rings. The fourth-order valence-corrected chi connectivity index (χ4v) is 1.69. The Morgan fingerprint density at radius 1 is 1.15 bits per heavy atom. The number of ether oxygens (including phenoxy) is 1. The van der Waals surface area contributed by atoms with Gasteiger partial charge in [-0.25, -0.2) is 4.98 Å². The molecule has 2 rings (SSSR count). The van der Waals surface area contributed by atoms with E-state index in [-0.39, 0.29) is 5.91 Å². The Hall–Kier alpha value is -2.56. The molecular weight excluding hydrogens is 254 g/mol. The fraction of sp³-hybridized carbons (Fsp3) is 0.200. The summed E-state index contributed by atoms with van der Waals surface area (Å²) in [5.41, 5.74) is 1.80. The summed E-state index contributed by atoms with van der Waals surface area (Å²) in [7, 11) is 0. The highest BCUT2D eigenvalue weighted by Gasteiger charge is 1.99. The van der Waals surface area contributed by atoms with Crippen molar-refractivity contribution in [2.45, 2.75) is 13.8 Å². The highest BCUT2D eigenvalue weighted by Crippen LogP contribution is 2.20. The molecule has 1 heterocycles. The van der Waals surface area contributed by atoms with Crippen LogP contribution in [-0.4, -0.2) is 17.5 Å². The van der Waals surface area contributed by atoms with Gasteiger partial charge in [-0.2, -0.15) is 0 Å². The lowest BCUT2D eigenvalue weighted by atomic mass is 10.3. The first-order valence-corrected chi connectivity index (χ1v) is 6.41. The van der Waals surface area contributed by atoms with Crippen molar-refractivity contribution < 1.29 is 9.53 Å². The topological polar surface area (TPSA) is 63.2 Å². The van der Waals surface area contributed by atoms with E-state index in [4.69, 9.17) is 4.74 Å². The van der Waals surface area contributed by atoms with Crippen molar-refractivity contribution in [2.24, 2.45) is 0 Å². The molecular formula is C15H17N3O2. The number of carbonyl (C=O) groups is 1. The lowest BCUT2D eigenvalue weighted by Crippen LogP contribution is -2.07. The molecule has 104 valence electrons. The van der Waals surface area contributed by atoms with E-state index < -0.39 is 0 Å². The van der Waals surface area contributed by atoms with Gasteiger partial charge in [-0.3, -0.25) is 4.79 Å². The third kappa shape index (κ3) is 3.98. The predicted molar refractivity (Wildman–Crippen MR) is 79.4 cm³/mol. The first kappa shape index (κ1) is 13.9. The van der Waals surface area contributed by atoms with Crippen LogP contribution < -0.4 is 15.4 Å². The molecule has 1 aromatic carbocycles. The number of hydrogen-bond acceptors (Lipinski definition) is 4. The summed E-state index contributed by atoms with van der Waals surface area (Å²) >= 11 is 0. The Labute approximate surface area is 118 Å². The molecule has 2 aromatic rings. The van der Waals surface area contributed by atoms with Crippen LogP contribution in [0.1, 0.15) is 13.8 Å². The summed E-state index contributed by atoms with van der Waals surface area (Å²) in [5, 5.41) is 5.85. The summed E-state index contributed by atoms with van der Waals surface area (Å²) < 4.78 is 5.38. The first-order chi connectivity index (χ1) is 9.67. The number of carbonyl (C=O) groups excluding carboxylic acids is 1. The van der Waals surface area contributed by atoms with E-state index in [1.165, 1.54) is 6.92 Å². The largest absolute Gasteiger partial charge is 0.494 e. The molecule has 0 saturated heterocycles. The predicted octanol–water partition coefficient (Wildman–Crippen LogP) is 3.18. The van der Waals surface area contributed by atoms with Gasteiger partial charge in [-0.1, -0.05) is 0 Å². The average Bonchev–Trinajstić information content (AvgIpc) is 2.43. The number of anilines is 3. The van der Waals surface area contributed by atoms with Crippen molar-refractivity contribution in [3.05, 3.63) is 42.6 Å². The maximum absolute atomic E-state index is 10.9. The van der Waals surface area contributed by atoms with Crippen molar-refractivity contribution in [1.29, 1.82) is 0 Å². The van der Waals surface area contributed by atoms with Gasteiger partial charge in [0.15, 0.2) is 0 Å². The zero-order valence-electron chi connectivity index (χ0n) is 11.5. The summed E-state index contributed by atoms with van der Waals surface area (Å²) in [5.74, 6) is 1.25. The molecule has 2 N–H and O–H groups in total. The molecule has 0 bridgehead atoms. The lowest BCUT2D eigenvalue weighted by molar-refractivity contribution is -0.114. The maximum Gasteiger partial charge on any atom is 0.222 e. The second kappa shape index (κ2) is 6.56. The Balaban J connectivity index is 2.00. The van der Waals surface area contributed by atoms with Crippen molar-refractivity contribution in [3.63, 3.8) is 0 Å². The highest BCUT2D eigenvalue weighted by molar-refractivity contribution is 5.87. The Morgan fingerprint density at radius 2 is 1.85 bits per heavy atom. The van der Waals surface area contributed by atoms with Crippen molar-refractivity contribution in [1.82, 2.24) is 4.98 Å². The van der Waals surface area contributed by atoms with Crippen LogP contribution in [0.25, 0.3) is 0 Å². The first-order valence-electron chi connectivity index (χ1n) is 6.41. The smallest absolute Gasteiger partial charge is 0.222 e. The van der Waals surface area contributed by atoms with Crippen LogP contribution in [-0.2, 0) is 4.79 Å². The van der Waals surface area contributed by atoms with Crippen molar-refractivity contribution in [2.75, 3.05) is 17.2 Å².